The Bertz CT molecular complexity index is 514. The van der Waals surface area contributed by atoms with Crippen LogP contribution in [0.3, 0.4) is 0 Å². The molecule has 3 heteroatoms. The van der Waals surface area contributed by atoms with Crippen molar-refractivity contribution < 1.29 is 0 Å². The van der Waals surface area contributed by atoms with Crippen LogP contribution in [-0.4, -0.2) is 9.78 Å². The summed E-state index contributed by atoms with van der Waals surface area (Å²) in [5.74, 6) is 0. The zero-order chi connectivity index (χ0) is 13.1. The molecule has 3 nitrogen and oxygen atoms in total. The Morgan fingerprint density at radius 1 is 1.22 bits per heavy atom. The van der Waals surface area contributed by atoms with E-state index in [1.807, 2.05) is 18.2 Å². The summed E-state index contributed by atoms with van der Waals surface area (Å²) >= 11 is 0. The van der Waals surface area contributed by atoms with E-state index in [-0.39, 0.29) is 6.04 Å². The number of aromatic nitrogens is 2. The molecule has 1 aromatic heterocycles. The van der Waals surface area contributed by atoms with Crippen LogP contribution < -0.4 is 5.32 Å². The van der Waals surface area contributed by atoms with Crippen molar-refractivity contribution in [3.63, 3.8) is 0 Å². The van der Waals surface area contributed by atoms with Gasteiger partial charge in [-0.1, -0.05) is 18.2 Å². The first-order valence-corrected chi connectivity index (χ1v) is 6.49. The van der Waals surface area contributed by atoms with E-state index in [4.69, 9.17) is 0 Å². The van der Waals surface area contributed by atoms with E-state index in [1.165, 1.54) is 11.3 Å². The summed E-state index contributed by atoms with van der Waals surface area (Å²) in [6, 6.07) is 10.6. The molecular formula is C15H21N3. The predicted octanol–water partition coefficient (Wildman–Crippen LogP) is 3.69. The molecule has 0 radical (unpaired) electrons. The van der Waals surface area contributed by atoms with Crippen molar-refractivity contribution >= 4 is 5.69 Å². The molecule has 0 aliphatic rings. The number of rotatable bonds is 4. The number of hydrogen-bond acceptors (Lipinski definition) is 2. The van der Waals surface area contributed by atoms with Crippen molar-refractivity contribution in [1.29, 1.82) is 0 Å². The van der Waals surface area contributed by atoms with Gasteiger partial charge in [-0.25, -0.2) is 0 Å². The number of nitrogens with one attached hydrogen (secondary N) is 1. The Morgan fingerprint density at radius 2 is 1.89 bits per heavy atom. The smallest absolute Gasteiger partial charge is 0.0649 e. The minimum absolute atomic E-state index is 0.271. The van der Waals surface area contributed by atoms with Gasteiger partial charge in [0.1, 0.15) is 0 Å². The van der Waals surface area contributed by atoms with Crippen molar-refractivity contribution in [2.75, 3.05) is 5.32 Å². The second-order valence-corrected chi connectivity index (χ2v) is 4.63. The van der Waals surface area contributed by atoms with Gasteiger partial charge in [0.2, 0.25) is 0 Å². The lowest BCUT2D eigenvalue weighted by molar-refractivity contribution is 0.632. The van der Waals surface area contributed by atoms with Crippen molar-refractivity contribution in [2.45, 2.75) is 40.3 Å². The molecule has 0 aliphatic heterocycles. The summed E-state index contributed by atoms with van der Waals surface area (Å²) in [5.41, 5.74) is 4.82. The standard InChI is InChI=1S/C15H21N3/c1-5-18-13(4)15(12(3)17-18)11(2)16-14-9-7-6-8-10-14/h6-11,16H,5H2,1-4H3. The van der Waals surface area contributed by atoms with Gasteiger partial charge in [-0.15, -0.1) is 0 Å². The van der Waals surface area contributed by atoms with Crippen LogP contribution in [0.1, 0.15) is 36.8 Å². The molecule has 0 saturated carbocycles. The van der Waals surface area contributed by atoms with Crippen molar-refractivity contribution in [2.24, 2.45) is 0 Å². The summed E-state index contributed by atoms with van der Waals surface area (Å²) in [7, 11) is 0. The lowest BCUT2D eigenvalue weighted by atomic mass is 10.1. The Morgan fingerprint density at radius 3 is 2.44 bits per heavy atom. The van der Waals surface area contributed by atoms with Crippen LogP contribution >= 0.6 is 0 Å². The van der Waals surface area contributed by atoms with E-state index in [0.29, 0.717) is 0 Å². The highest BCUT2D eigenvalue weighted by Crippen LogP contribution is 2.24. The summed E-state index contributed by atoms with van der Waals surface area (Å²) in [6.45, 7) is 9.45. The molecule has 0 aliphatic carbocycles. The normalized spacial score (nSPS) is 12.4. The number of aryl methyl sites for hydroxylation is 2. The van der Waals surface area contributed by atoms with Crippen LogP contribution in [0, 0.1) is 13.8 Å². The van der Waals surface area contributed by atoms with Gasteiger partial charge in [-0.3, -0.25) is 4.68 Å². The third-order valence-corrected chi connectivity index (χ3v) is 3.33. The minimum Gasteiger partial charge on any atom is -0.378 e. The van der Waals surface area contributed by atoms with Gasteiger partial charge in [-0.2, -0.15) is 5.10 Å². The maximum atomic E-state index is 4.57. The van der Waals surface area contributed by atoms with E-state index < -0.39 is 0 Å². The second kappa shape index (κ2) is 5.25. The van der Waals surface area contributed by atoms with Gasteiger partial charge in [0, 0.05) is 23.5 Å². The molecule has 1 atom stereocenters. The van der Waals surface area contributed by atoms with Crippen molar-refractivity contribution in [3.8, 4) is 0 Å². The van der Waals surface area contributed by atoms with E-state index in [1.54, 1.807) is 0 Å². The molecule has 2 aromatic rings. The number of benzene rings is 1. The molecule has 0 saturated heterocycles. The Balaban J connectivity index is 2.24. The molecule has 1 aromatic carbocycles. The third kappa shape index (κ3) is 2.40. The Kier molecular flexibility index (Phi) is 3.70. The van der Waals surface area contributed by atoms with Crippen molar-refractivity contribution in [3.05, 3.63) is 47.3 Å². The first kappa shape index (κ1) is 12.7. The number of anilines is 1. The van der Waals surface area contributed by atoms with Crippen LogP contribution in [0.25, 0.3) is 0 Å². The first-order valence-electron chi connectivity index (χ1n) is 6.49. The Hall–Kier alpha value is -1.77. The zero-order valence-corrected chi connectivity index (χ0v) is 11.6. The van der Waals surface area contributed by atoms with Crippen LogP contribution in [0.15, 0.2) is 30.3 Å². The lowest BCUT2D eigenvalue weighted by Crippen LogP contribution is -2.09. The predicted molar refractivity (Wildman–Crippen MR) is 75.9 cm³/mol. The van der Waals surface area contributed by atoms with Gasteiger partial charge >= 0.3 is 0 Å². The Labute approximate surface area is 109 Å². The molecule has 2 rings (SSSR count). The monoisotopic (exact) mass is 243 g/mol. The molecule has 0 fully saturated rings. The highest BCUT2D eigenvalue weighted by Gasteiger charge is 2.16. The molecule has 1 N–H and O–H groups in total. The fourth-order valence-corrected chi connectivity index (χ4v) is 2.50. The molecular weight excluding hydrogens is 222 g/mol. The van der Waals surface area contributed by atoms with E-state index in [0.717, 1.165) is 17.9 Å². The van der Waals surface area contributed by atoms with Gasteiger partial charge in [0.15, 0.2) is 0 Å². The second-order valence-electron chi connectivity index (χ2n) is 4.63. The highest BCUT2D eigenvalue weighted by molar-refractivity contribution is 5.46. The number of para-hydroxylation sites is 1. The summed E-state index contributed by atoms with van der Waals surface area (Å²) < 4.78 is 2.06. The zero-order valence-electron chi connectivity index (χ0n) is 11.6. The molecule has 18 heavy (non-hydrogen) atoms. The molecule has 0 spiro atoms. The van der Waals surface area contributed by atoms with E-state index in [2.05, 4.69) is 54.9 Å². The quantitative estimate of drug-likeness (QED) is 0.887. The summed E-state index contributed by atoms with van der Waals surface area (Å²) in [5, 5.41) is 8.09. The number of hydrogen-bond donors (Lipinski definition) is 1. The van der Waals surface area contributed by atoms with Gasteiger partial charge in [-0.05, 0) is 39.8 Å². The fraction of sp³-hybridized carbons (Fsp3) is 0.400. The van der Waals surface area contributed by atoms with Crippen LogP contribution in [0.2, 0.25) is 0 Å². The SMILES string of the molecule is CCn1nc(C)c(C(C)Nc2ccccc2)c1C. The molecule has 1 unspecified atom stereocenters. The topological polar surface area (TPSA) is 29.9 Å². The minimum atomic E-state index is 0.271. The fourth-order valence-electron chi connectivity index (χ4n) is 2.50. The summed E-state index contributed by atoms with van der Waals surface area (Å²) in [4.78, 5) is 0. The van der Waals surface area contributed by atoms with Gasteiger partial charge < -0.3 is 5.32 Å². The van der Waals surface area contributed by atoms with Crippen LogP contribution in [-0.2, 0) is 6.54 Å². The van der Waals surface area contributed by atoms with E-state index in [9.17, 15) is 0 Å². The maximum absolute atomic E-state index is 4.57. The molecule has 96 valence electrons. The van der Waals surface area contributed by atoms with Crippen LogP contribution in [0.5, 0.6) is 0 Å². The van der Waals surface area contributed by atoms with Crippen molar-refractivity contribution in [1.82, 2.24) is 9.78 Å². The molecule has 1 heterocycles. The molecule has 0 amide bonds. The summed E-state index contributed by atoms with van der Waals surface area (Å²) in [6.07, 6.45) is 0. The van der Waals surface area contributed by atoms with Crippen LogP contribution in [0.4, 0.5) is 5.69 Å². The highest BCUT2D eigenvalue weighted by atomic mass is 15.3. The average Bonchev–Trinajstić information content (AvgIpc) is 2.65. The van der Waals surface area contributed by atoms with E-state index >= 15 is 0 Å². The molecule has 0 bridgehead atoms. The maximum Gasteiger partial charge on any atom is 0.0649 e. The third-order valence-electron chi connectivity index (χ3n) is 3.33. The largest absolute Gasteiger partial charge is 0.378 e. The number of nitrogens with zero attached hydrogens (tertiary/aromatic N) is 2. The lowest BCUT2D eigenvalue weighted by Gasteiger charge is -2.16. The van der Waals surface area contributed by atoms with Gasteiger partial charge in [0.05, 0.1) is 11.7 Å². The van der Waals surface area contributed by atoms with Gasteiger partial charge in [0.25, 0.3) is 0 Å². The first-order chi connectivity index (χ1) is 8.63. The average molecular weight is 243 g/mol.